The first-order valence-corrected chi connectivity index (χ1v) is 5.07. The van der Waals surface area contributed by atoms with Crippen LogP contribution >= 0.6 is 0 Å². The average Bonchev–Trinajstić information content (AvgIpc) is 2.58. The van der Waals surface area contributed by atoms with Crippen LogP contribution in [0.4, 0.5) is 0 Å². The minimum atomic E-state index is -1.16. The molecule has 0 aliphatic carbocycles. The van der Waals surface area contributed by atoms with E-state index in [4.69, 9.17) is 9.52 Å². The van der Waals surface area contributed by atoms with E-state index in [0.29, 0.717) is 17.9 Å². The van der Waals surface area contributed by atoms with Gasteiger partial charge < -0.3 is 14.8 Å². The van der Waals surface area contributed by atoms with Gasteiger partial charge in [-0.05, 0) is 6.42 Å². The smallest absolute Gasteiger partial charge is 0.371 e. The molecule has 1 amide bonds. The summed E-state index contributed by atoms with van der Waals surface area (Å²) < 4.78 is 5.27. The normalized spacial score (nSPS) is 18.5. The molecule has 1 aliphatic heterocycles. The molecule has 0 spiro atoms. The van der Waals surface area contributed by atoms with Crippen molar-refractivity contribution in [2.75, 3.05) is 6.54 Å². The molecule has 5 heteroatoms. The number of carbonyl (C=O) groups excluding carboxylic acids is 1. The Bertz CT molecular complexity index is 459. The van der Waals surface area contributed by atoms with Crippen LogP contribution in [0.25, 0.3) is 0 Å². The second-order valence-electron chi connectivity index (χ2n) is 4.55. The number of amides is 1. The number of rotatable bonds is 1. The summed E-state index contributed by atoms with van der Waals surface area (Å²) in [7, 11) is 0. The Morgan fingerprint density at radius 3 is 2.88 bits per heavy atom. The highest BCUT2D eigenvalue weighted by Gasteiger charge is 2.34. The van der Waals surface area contributed by atoms with Gasteiger partial charge >= 0.3 is 5.97 Å². The summed E-state index contributed by atoms with van der Waals surface area (Å²) in [4.78, 5) is 22.5. The van der Waals surface area contributed by atoms with Crippen molar-refractivity contribution in [2.45, 2.75) is 25.7 Å². The fourth-order valence-electron chi connectivity index (χ4n) is 1.87. The summed E-state index contributed by atoms with van der Waals surface area (Å²) in [6.45, 7) is 4.43. The Labute approximate surface area is 92.4 Å². The first-order chi connectivity index (χ1) is 7.42. The van der Waals surface area contributed by atoms with Crippen molar-refractivity contribution in [1.29, 1.82) is 0 Å². The molecule has 0 saturated heterocycles. The van der Waals surface area contributed by atoms with Gasteiger partial charge in [-0.2, -0.15) is 0 Å². The monoisotopic (exact) mass is 223 g/mol. The second-order valence-corrected chi connectivity index (χ2v) is 4.55. The number of aromatic carboxylic acids is 1. The lowest BCUT2D eigenvalue weighted by molar-refractivity contribution is 0.0658. The Morgan fingerprint density at radius 2 is 2.25 bits per heavy atom. The molecule has 2 N–H and O–H groups in total. The molecule has 2 rings (SSSR count). The van der Waals surface area contributed by atoms with E-state index in [1.165, 1.54) is 6.07 Å². The minimum absolute atomic E-state index is 0.185. The van der Waals surface area contributed by atoms with Crippen LogP contribution in [0, 0.1) is 0 Å². The molecule has 1 aromatic heterocycles. The summed E-state index contributed by atoms with van der Waals surface area (Å²) >= 11 is 0. The molecule has 0 aromatic carbocycles. The number of furan rings is 1. The van der Waals surface area contributed by atoms with Gasteiger partial charge in [0.05, 0.1) is 5.56 Å². The third-order valence-corrected chi connectivity index (χ3v) is 2.84. The Hall–Kier alpha value is -1.78. The maximum atomic E-state index is 11.7. The van der Waals surface area contributed by atoms with Gasteiger partial charge in [-0.25, -0.2) is 4.79 Å². The van der Waals surface area contributed by atoms with Crippen LogP contribution in [0.5, 0.6) is 0 Å². The van der Waals surface area contributed by atoms with Crippen LogP contribution in [-0.4, -0.2) is 23.5 Å². The van der Waals surface area contributed by atoms with Gasteiger partial charge in [0.25, 0.3) is 5.91 Å². The van der Waals surface area contributed by atoms with E-state index >= 15 is 0 Å². The number of nitrogens with one attached hydrogen (secondary N) is 1. The molecule has 16 heavy (non-hydrogen) atoms. The van der Waals surface area contributed by atoms with Crippen LogP contribution in [0.3, 0.4) is 0 Å². The zero-order chi connectivity index (χ0) is 11.9. The molecule has 0 saturated carbocycles. The summed E-state index contributed by atoms with van der Waals surface area (Å²) in [5.41, 5.74) is 0.00208. The zero-order valence-corrected chi connectivity index (χ0v) is 9.16. The Kier molecular flexibility index (Phi) is 2.26. The molecule has 86 valence electrons. The maximum absolute atomic E-state index is 11.7. The molecule has 0 atom stereocenters. The third kappa shape index (κ3) is 1.58. The van der Waals surface area contributed by atoms with Gasteiger partial charge in [-0.1, -0.05) is 13.8 Å². The van der Waals surface area contributed by atoms with E-state index in [9.17, 15) is 9.59 Å². The predicted octanol–water partition coefficient (Wildman–Crippen LogP) is 1.39. The SMILES string of the molecule is CC1(C)CCNC(=O)c2cc(C(=O)O)oc21. The van der Waals surface area contributed by atoms with Crippen molar-refractivity contribution >= 4 is 11.9 Å². The first kappa shape index (κ1) is 10.7. The molecule has 5 nitrogen and oxygen atoms in total. The van der Waals surface area contributed by atoms with Gasteiger partial charge in [0, 0.05) is 18.0 Å². The van der Waals surface area contributed by atoms with E-state index < -0.39 is 5.97 Å². The Morgan fingerprint density at radius 1 is 1.56 bits per heavy atom. The number of carboxylic acids is 1. The van der Waals surface area contributed by atoms with Crippen molar-refractivity contribution in [1.82, 2.24) is 5.32 Å². The van der Waals surface area contributed by atoms with Crippen molar-refractivity contribution < 1.29 is 19.1 Å². The van der Waals surface area contributed by atoms with Crippen LogP contribution in [-0.2, 0) is 5.41 Å². The van der Waals surface area contributed by atoms with E-state index in [1.807, 2.05) is 13.8 Å². The van der Waals surface area contributed by atoms with Crippen molar-refractivity contribution in [3.63, 3.8) is 0 Å². The van der Waals surface area contributed by atoms with E-state index in [0.717, 1.165) is 6.42 Å². The van der Waals surface area contributed by atoms with Gasteiger partial charge in [0.2, 0.25) is 5.76 Å². The number of hydrogen-bond donors (Lipinski definition) is 2. The van der Waals surface area contributed by atoms with Crippen LogP contribution in [0.1, 0.15) is 46.9 Å². The lowest BCUT2D eigenvalue weighted by Gasteiger charge is -2.19. The third-order valence-electron chi connectivity index (χ3n) is 2.84. The standard InChI is InChI=1S/C11H13NO4/c1-11(2)3-4-12-9(13)6-5-7(10(14)15)16-8(6)11/h5H,3-4H2,1-2H3,(H,12,13)(H,14,15). The quantitative estimate of drug-likeness (QED) is 0.754. The second kappa shape index (κ2) is 3.37. The van der Waals surface area contributed by atoms with Crippen molar-refractivity contribution in [2.24, 2.45) is 0 Å². The molecule has 0 fully saturated rings. The largest absolute Gasteiger partial charge is 0.475 e. The molecular formula is C11H13NO4. The summed E-state index contributed by atoms with van der Waals surface area (Å²) in [5.74, 6) is -1.15. The van der Waals surface area contributed by atoms with Crippen molar-refractivity contribution in [3.8, 4) is 0 Å². The van der Waals surface area contributed by atoms with Gasteiger partial charge in [-0.3, -0.25) is 4.79 Å². The maximum Gasteiger partial charge on any atom is 0.371 e. The van der Waals surface area contributed by atoms with Gasteiger partial charge in [0.1, 0.15) is 5.76 Å². The molecule has 1 aliphatic rings. The number of hydrogen-bond acceptors (Lipinski definition) is 3. The van der Waals surface area contributed by atoms with Crippen molar-refractivity contribution in [3.05, 3.63) is 23.2 Å². The average molecular weight is 223 g/mol. The van der Waals surface area contributed by atoms with Gasteiger partial charge in [0.15, 0.2) is 0 Å². The lowest BCUT2D eigenvalue weighted by Crippen LogP contribution is -2.23. The van der Waals surface area contributed by atoms with Crippen LogP contribution in [0.2, 0.25) is 0 Å². The topological polar surface area (TPSA) is 79.5 Å². The van der Waals surface area contributed by atoms with Crippen LogP contribution in [0.15, 0.2) is 10.5 Å². The highest BCUT2D eigenvalue weighted by Crippen LogP contribution is 2.33. The number of carboxylic acid groups (broad SMARTS) is 1. The van der Waals surface area contributed by atoms with E-state index in [1.54, 1.807) is 0 Å². The number of carbonyl (C=O) groups is 2. The highest BCUT2D eigenvalue weighted by atomic mass is 16.4. The van der Waals surface area contributed by atoms with Crippen LogP contribution < -0.4 is 5.32 Å². The summed E-state index contributed by atoms with van der Waals surface area (Å²) in [5, 5.41) is 11.6. The molecule has 0 radical (unpaired) electrons. The molecule has 2 heterocycles. The first-order valence-electron chi connectivity index (χ1n) is 5.07. The zero-order valence-electron chi connectivity index (χ0n) is 9.16. The minimum Gasteiger partial charge on any atom is -0.475 e. The molecular weight excluding hydrogens is 210 g/mol. The predicted molar refractivity (Wildman–Crippen MR) is 55.6 cm³/mol. The van der Waals surface area contributed by atoms with Gasteiger partial charge in [-0.15, -0.1) is 0 Å². The summed E-state index contributed by atoms with van der Waals surface area (Å²) in [6, 6.07) is 1.29. The fourth-order valence-corrected chi connectivity index (χ4v) is 1.87. The highest BCUT2D eigenvalue weighted by molar-refractivity contribution is 5.98. The number of fused-ring (bicyclic) bond motifs is 1. The molecule has 0 bridgehead atoms. The summed E-state index contributed by atoms with van der Waals surface area (Å²) in [6.07, 6.45) is 0.721. The van der Waals surface area contributed by atoms with E-state index in [-0.39, 0.29) is 17.1 Å². The fraction of sp³-hybridized carbons (Fsp3) is 0.455. The molecule has 1 aromatic rings. The molecule has 0 unspecified atom stereocenters. The van der Waals surface area contributed by atoms with E-state index in [2.05, 4.69) is 5.32 Å². The Balaban J connectivity index is 2.58. The lowest BCUT2D eigenvalue weighted by atomic mass is 9.85.